The van der Waals surface area contributed by atoms with Gasteiger partial charge in [-0.25, -0.2) is 8.42 Å². The fraction of sp³-hybridized carbons (Fsp3) is 0.240. The molecule has 1 amide bonds. The van der Waals surface area contributed by atoms with Gasteiger partial charge in [0.15, 0.2) is 11.5 Å². The molecule has 0 aromatic heterocycles. The minimum Gasteiger partial charge on any atom is -0.493 e. The number of carbonyl (C=O) groups is 1. The second-order valence-corrected chi connectivity index (χ2v) is 10.8. The maximum atomic E-state index is 13.5. The first-order valence-electron chi connectivity index (χ1n) is 10.7. The van der Waals surface area contributed by atoms with Crippen LogP contribution in [0, 0.1) is 0 Å². The van der Waals surface area contributed by atoms with Crippen LogP contribution in [0.5, 0.6) is 11.5 Å². The van der Waals surface area contributed by atoms with Crippen molar-refractivity contribution in [2.24, 2.45) is 0 Å². The number of para-hydroxylation sites is 1. The Labute approximate surface area is 215 Å². The van der Waals surface area contributed by atoms with E-state index in [2.05, 4.69) is 5.32 Å². The normalized spacial score (nSPS) is 11.1. The highest BCUT2D eigenvalue weighted by Gasteiger charge is 2.28. The highest BCUT2D eigenvalue weighted by atomic mass is 35.5. The number of anilines is 1. The average molecular weight is 535 g/mol. The summed E-state index contributed by atoms with van der Waals surface area (Å²) >= 11 is 7.57. The van der Waals surface area contributed by atoms with Gasteiger partial charge in [0.2, 0.25) is 5.91 Å². The monoisotopic (exact) mass is 534 g/mol. The van der Waals surface area contributed by atoms with Gasteiger partial charge in [0.05, 0.1) is 24.8 Å². The number of nitrogens with zero attached hydrogens (tertiary/aromatic N) is 1. The van der Waals surface area contributed by atoms with Crippen LogP contribution in [0.15, 0.2) is 77.7 Å². The average Bonchev–Trinajstić information content (AvgIpc) is 2.88. The van der Waals surface area contributed by atoms with Gasteiger partial charge in [0.1, 0.15) is 6.54 Å². The van der Waals surface area contributed by atoms with E-state index < -0.39 is 15.9 Å². The van der Waals surface area contributed by atoms with Crippen LogP contribution in [0.3, 0.4) is 0 Å². The van der Waals surface area contributed by atoms with E-state index in [9.17, 15) is 13.2 Å². The van der Waals surface area contributed by atoms with Crippen LogP contribution >= 0.6 is 23.4 Å². The summed E-state index contributed by atoms with van der Waals surface area (Å²) in [5.41, 5.74) is 1.52. The Kier molecular flexibility index (Phi) is 9.71. The zero-order valence-corrected chi connectivity index (χ0v) is 21.8. The molecule has 186 valence electrons. The van der Waals surface area contributed by atoms with E-state index in [4.69, 9.17) is 21.1 Å². The molecule has 0 spiro atoms. The summed E-state index contributed by atoms with van der Waals surface area (Å²) in [7, 11) is -1.16. The van der Waals surface area contributed by atoms with Crippen LogP contribution in [0.2, 0.25) is 5.02 Å². The minimum atomic E-state index is -4.06. The number of halogens is 1. The Balaban J connectivity index is 1.67. The number of nitrogens with one attached hydrogen (secondary N) is 1. The summed E-state index contributed by atoms with van der Waals surface area (Å²) in [5.74, 6) is 1.76. The first kappa shape index (κ1) is 26.7. The predicted molar refractivity (Wildman–Crippen MR) is 141 cm³/mol. The Bertz CT molecular complexity index is 1220. The van der Waals surface area contributed by atoms with Gasteiger partial charge < -0.3 is 14.8 Å². The first-order valence-corrected chi connectivity index (χ1v) is 13.7. The van der Waals surface area contributed by atoms with Crippen molar-refractivity contribution >= 4 is 45.0 Å². The molecule has 3 rings (SSSR count). The third-order valence-corrected chi connectivity index (χ3v) is 8.08. The van der Waals surface area contributed by atoms with Gasteiger partial charge in [-0.15, -0.1) is 0 Å². The zero-order valence-electron chi connectivity index (χ0n) is 19.4. The number of rotatable bonds is 12. The van der Waals surface area contributed by atoms with Crippen LogP contribution in [0.25, 0.3) is 0 Å². The summed E-state index contributed by atoms with van der Waals surface area (Å²) < 4.78 is 38.6. The topological polar surface area (TPSA) is 84.9 Å². The van der Waals surface area contributed by atoms with E-state index >= 15 is 0 Å². The fourth-order valence-corrected chi connectivity index (χ4v) is 5.61. The Hall–Kier alpha value is -2.88. The van der Waals surface area contributed by atoms with Gasteiger partial charge in [-0.3, -0.25) is 9.10 Å². The zero-order chi connectivity index (χ0) is 25.3. The molecule has 0 aliphatic rings. The molecule has 0 aliphatic carbocycles. The number of methoxy groups -OCH3 is 2. The van der Waals surface area contributed by atoms with Crippen molar-refractivity contribution in [2.75, 3.05) is 37.4 Å². The number of carbonyl (C=O) groups excluding carboxylic acids is 1. The van der Waals surface area contributed by atoms with Crippen molar-refractivity contribution in [3.63, 3.8) is 0 Å². The largest absolute Gasteiger partial charge is 0.493 e. The maximum Gasteiger partial charge on any atom is 0.264 e. The number of thioether (sulfide) groups is 1. The molecule has 0 heterocycles. The van der Waals surface area contributed by atoms with Crippen molar-refractivity contribution in [3.05, 3.63) is 83.4 Å². The summed E-state index contributed by atoms with van der Waals surface area (Å²) in [6.45, 7) is 0.0542. The third-order valence-electron chi connectivity index (χ3n) is 5.02. The van der Waals surface area contributed by atoms with Gasteiger partial charge >= 0.3 is 0 Å². The summed E-state index contributed by atoms with van der Waals surface area (Å²) in [4.78, 5) is 12.7. The molecule has 0 radical (unpaired) electrons. The van der Waals surface area contributed by atoms with Gasteiger partial charge in [-0.1, -0.05) is 41.9 Å². The van der Waals surface area contributed by atoms with Crippen LogP contribution in [-0.4, -0.2) is 47.4 Å². The lowest BCUT2D eigenvalue weighted by atomic mass is 10.2. The van der Waals surface area contributed by atoms with Gasteiger partial charge in [-0.05, 0) is 42.0 Å². The van der Waals surface area contributed by atoms with E-state index in [1.165, 1.54) is 32.4 Å². The summed E-state index contributed by atoms with van der Waals surface area (Å²) in [6, 6.07) is 20.5. The van der Waals surface area contributed by atoms with Gasteiger partial charge in [0, 0.05) is 29.1 Å². The second kappa shape index (κ2) is 12.7. The number of ether oxygens (including phenoxy) is 2. The summed E-state index contributed by atoms with van der Waals surface area (Å²) in [6.07, 6.45) is 0. The molecule has 0 unspecified atom stereocenters. The SMILES string of the molecule is COc1ccc(S(=O)(=O)N(CC(=O)NCCSCc2ccc(Cl)cc2)c2ccccc2)cc1OC. The van der Waals surface area contributed by atoms with E-state index in [0.717, 1.165) is 15.6 Å². The molecule has 1 N–H and O–H groups in total. The van der Waals surface area contributed by atoms with Crippen molar-refractivity contribution in [1.82, 2.24) is 5.32 Å². The number of hydrogen-bond acceptors (Lipinski definition) is 6. The molecule has 0 saturated carbocycles. The maximum absolute atomic E-state index is 13.5. The molecule has 0 saturated heterocycles. The van der Waals surface area contributed by atoms with Crippen molar-refractivity contribution in [2.45, 2.75) is 10.6 Å². The number of amides is 1. The Morgan fingerprint density at radius 1 is 0.971 bits per heavy atom. The standard InChI is InChI=1S/C25H27ClN2O5S2/c1-32-23-13-12-22(16-24(23)33-2)35(30,31)28(21-6-4-3-5-7-21)17-25(29)27-14-15-34-18-19-8-10-20(26)11-9-19/h3-13,16H,14-15,17-18H2,1-2H3,(H,27,29). The summed E-state index contributed by atoms with van der Waals surface area (Å²) in [5, 5.41) is 3.50. The lowest BCUT2D eigenvalue weighted by Gasteiger charge is -2.24. The lowest BCUT2D eigenvalue weighted by Crippen LogP contribution is -2.41. The molecule has 3 aromatic carbocycles. The number of benzene rings is 3. The second-order valence-electron chi connectivity index (χ2n) is 7.39. The molecular formula is C25H27ClN2O5S2. The highest BCUT2D eigenvalue weighted by Crippen LogP contribution is 2.32. The predicted octanol–water partition coefficient (Wildman–Crippen LogP) is 4.60. The van der Waals surface area contributed by atoms with Crippen LogP contribution in [-0.2, 0) is 20.6 Å². The van der Waals surface area contributed by atoms with Crippen LogP contribution in [0.1, 0.15) is 5.56 Å². The quantitative estimate of drug-likeness (QED) is 0.342. The molecule has 10 heteroatoms. The Morgan fingerprint density at radius 3 is 2.31 bits per heavy atom. The number of hydrogen-bond donors (Lipinski definition) is 1. The molecule has 0 bridgehead atoms. The van der Waals surface area contributed by atoms with E-state index in [0.29, 0.717) is 28.8 Å². The van der Waals surface area contributed by atoms with Crippen molar-refractivity contribution < 1.29 is 22.7 Å². The van der Waals surface area contributed by atoms with E-state index in [1.807, 2.05) is 24.3 Å². The highest BCUT2D eigenvalue weighted by molar-refractivity contribution is 7.98. The van der Waals surface area contributed by atoms with Gasteiger partial charge in [0.25, 0.3) is 10.0 Å². The van der Waals surface area contributed by atoms with Crippen molar-refractivity contribution in [3.8, 4) is 11.5 Å². The third kappa shape index (κ3) is 7.30. The van der Waals surface area contributed by atoms with Crippen LogP contribution < -0.4 is 19.1 Å². The molecule has 0 aliphatic heterocycles. The van der Waals surface area contributed by atoms with E-state index in [1.54, 1.807) is 42.1 Å². The Morgan fingerprint density at radius 2 is 1.66 bits per heavy atom. The van der Waals surface area contributed by atoms with Crippen molar-refractivity contribution in [1.29, 1.82) is 0 Å². The van der Waals surface area contributed by atoms with Gasteiger partial charge in [-0.2, -0.15) is 11.8 Å². The van der Waals surface area contributed by atoms with E-state index in [-0.39, 0.29) is 17.2 Å². The molecule has 3 aromatic rings. The molecule has 0 fully saturated rings. The molecule has 7 nitrogen and oxygen atoms in total. The molecule has 0 atom stereocenters. The smallest absolute Gasteiger partial charge is 0.264 e. The first-order chi connectivity index (χ1) is 16.8. The number of sulfonamides is 1. The van der Waals surface area contributed by atoms with Crippen LogP contribution in [0.4, 0.5) is 5.69 Å². The molecular weight excluding hydrogens is 508 g/mol. The fourth-order valence-electron chi connectivity index (χ4n) is 3.23. The lowest BCUT2D eigenvalue weighted by molar-refractivity contribution is -0.119. The minimum absolute atomic E-state index is 0.00896. The molecule has 35 heavy (non-hydrogen) atoms.